The second kappa shape index (κ2) is 8.04. The first kappa shape index (κ1) is 20.3. The molecule has 0 aromatic carbocycles. The Morgan fingerprint density at radius 3 is 2.77 bits per heavy atom. The Hall–Kier alpha value is -2.97. The molecule has 2 N–H and O–H groups in total. The van der Waals surface area contributed by atoms with Crippen LogP contribution in [0.4, 0.5) is 0 Å². The summed E-state index contributed by atoms with van der Waals surface area (Å²) in [6, 6.07) is -0.117. The lowest BCUT2D eigenvalue weighted by Crippen LogP contribution is -2.27. The van der Waals surface area contributed by atoms with Crippen LogP contribution in [0.3, 0.4) is 0 Å². The van der Waals surface area contributed by atoms with Gasteiger partial charge in [0.05, 0.1) is 37.8 Å². The van der Waals surface area contributed by atoms with Gasteiger partial charge in [0.1, 0.15) is 12.1 Å². The Morgan fingerprint density at radius 2 is 2.07 bits per heavy atom. The van der Waals surface area contributed by atoms with E-state index in [1.54, 1.807) is 20.4 Å². The first-order valence-corrected chi connectivity index (χ1v) is 9.84. The van der Waals surface area contributed by atoms with E-state index < -0.39 is 5.91 Å². The van der Waals surface area contributed by atoms with E-state index in [4.69, 9.17) is 19.9 Å². The van der Waals surface area contributed by atoms with Gasteiger partial charge in [-0.2, -0.15) is 5.10 Å². The lowest BCUT2D eigenvalue weighted by atomic mass is 9.96. The maximum absolute atomic E-state index is 12.1. The van der Waals surface area contributed by atoms with E-state index in [1.807, 2.05) is 18.5 Å². The normalized spacial score (nSPS) is 23.1. The summed E-state index contributed by atoms with van der Waals surface area (Å²) in [4.78, 5) is 16.5. The van der Waals surface area contributed by atoms with Gasteiger partial charge in [0.25, 0.3) is 5.91 Å². The Balaban J connectivity index is 1.78. The Kier molecular flexibility index (Phi) is 5.44. The third-order valence-electron chi connectivity index (χ3n) is 5.82. The van der Waals surface area contributed by atoms with Crippen molar-refractivity contribution in [2.45, 2.75) is 31.9 Å². The number of primary amides is 1. The molecule has 8 nitrogen and oxygen atoms in total. The number of aryl methyl sites for hydroxylation is 1. The van der Waals surface area contributed by atoms with Crippen molar-refractivity contribution in [2.24, 2.45) is 5.73 Å². The quantitative estimate of drug-likeness (QED) is 0.784. The van der Waals surface area contributed by atoms with Crippen LogP contribution in [0.15, 0.2) is 30.6 Å². The van der Waals surface area contributed by atoms with Gasteiger partial charge in [-0.25, -0.2) is 4.98 Å². The molecule has 1 aliphatic heterocycles. The second-order valence-electron chi connectivity index (χ2n) is 7.59. The van der Waals surface area contributed by atoms with Gasteiger partial charge in [-0.3, -0.25) is 9.48 Å². The van der Waals surface area contributed by atoms with Crippen molar-refractivity contribution in [3.05, 3.63) is 58.6 Å². The van der Waals surface area contributed by atoms with Crippen molar-refractivity contribution in [1.29, 1.82) is 0 Å². The van der Waals surface area contributed by atoms with Gasteiger partial charge in [0.15, 0.2) is 0 Å². The van der Waals surface area contributed by atoms with Gasteiger partial charge < -0.3 is 19.9 Å². The van der Waals surface area contributed by atoms with Gasteiger partial charge in [0, 0.05) is 24.8 Å². The van der Waals surface area contributed by atoms with Crippen LogP contribution in [0.2, 0.25) is 0 Å². The number of pyridine rings is 1. The fourth-order valence-corrected chi connectivity index (χ4v) is 4.35. The molecule has 2 aliphatic rings. The number of hydrogen-bond donors (Lipinski definition) is 1. The summed E-state index contributed by atoms with van der Waals surface area (Å²) in [7, 11) is 3.27. The number of nitrogens with zero attached hydrogens (tertiary/aromatic N) is 3. The highest BCUT2D eigenvalue weighted by Crippen LogP contribution is 2.38. The summed E-state index contributed by atoms with van der Waals surface area (Å²) in [5, 5.41) is 4.49. The molecule has 8 heteroatoms. The molecule has 0 radical (unpaired) electrons. The number of allylic oxidation sites excluding steroid dienone is 4. The molecule has 4 rings (SSSR count). The molecule has 2 aromatic heterocycles. The molecule has 0 saturated carbocycles. The standard InChI is InChI=1S/C22H26N4O4/c1-12-8-24-22(29-4)13(2)19(12)14-5-6-15(7-14)20-16(21(23)27)9-25-26(20)17-10-30-11-18(17)28-3/h5-9,15,17-18H,10-11H2,1-4H3,(H2,23,27)/t15?,17-,18-/m1/s1. The zero-order valence-electron chi connectivity index (χ0n) is 17.6. The highest BCUT2D eigenvalue weighted by atomic mass is 16.5. The highest BCUT2D eigenvalue weighted by Gasteiger charge is 2.35. The predicted molar refractivity (Wildman–Crippen MR) is 112 cm³/mol. The second-order valence-corrected chi connectivity index (χ2v) is 7.59. The minimum absolute atomic E-state index is 0.117. The van der Waals surface area contributed by atoms with Gasteiger partial charge in [-0.1, -0.05) is 18.2 Å². The topological polar surface area (TPSA) is 101 Å². The first-order valence-electron chi connectivity index (χ1n) is 9.84. The van der Waals surface area contributed by atoms with E-state index in [1.165, 1.54) is 6.20 Å². The molecule has 0 spiro atoms. The third kappa shape index (κ3) is 3.32. The molecular formula is C22H26N4O4. The Bertz CT molecular complexity index is 1040. The number of methoxy groups -OCH3 is 2. The number of rotatable bonds is 6. The fraction of sp³-hybridized carbons (Fsp3) is 0.409. The van der Waals surface area contributed by atoms with Crippen molar-refractivity contribution >= 4 is 11.5 Å². The van der Waals surface area contributed by atoms with Crippen LogP contribution >= 0.6 is 0 Å². The minimum Gasteiger partial charge on any atom is -0.481 e. The molecule has 1 amide bonds. The lowest BCUT2D eigenvalue weighted by molar-refractivity contribution is 0.0659. The van der Waals surface area contributed by atoms with Crippen LogP contribution in [0.1, 0.15) is 44.7 Å². The lowest BCUT2D eigenvalue weighted by Gasteiger charge is -2.21. The number of hydrogen-bond acceptors (Lipinski definition) is 6. The largest absolute Gasteiger partial charge is 0.481 e. The van der Waals surface area contributed by atoms with Gasteiger partial charge >= 0.3 is 0 Å². The molecule has 0 bridgehead atoms. The van der Waals surface area contributed by atoms with Crippen LogP contribution in [0.5, 0.6) is 5.88 Å². The minimum atomic E-state index is -0.502. The van der Waals surface area contributed by atoms with E-state index in [0.717, 1.165) is 28.0 Å². The maximum Gasteiger partial charge on any atom is 0.252 e. The van der Waals surface area contributed by atoms with Gasteiger partial charge in [-0.15, -0.1) is 0 Å². The van der Waals surface area contributed by atoms with Crippen molar-refractivity contribution in [2.75, 3.05) is 27.4 Å². The molecular weight excluding hydrogens is 384 g/mol. The van der Waals surface area contributed by atoms with Crippen LogP contribution < -0.4 is 10.5 Å². The number of aromatic nitrogens is 3. The smallest absolute Gasteiger partial charge is 0.252 e. The summed E-state index contributed by atoms with van der Waals surface area (Å²) >= 11 is 0. The van der Waals surface area contributed by atoms with Crippen molar-refractivity contribution in [3.63, 3.8) is 0 Å². The zero-order chi connectivity index (χ0) is 21.4. The molecule has 1 saturated heterocycles. The summed E-state index contributed by atoms with van der Waals surface area (Å²) in [6.45, 7) is 4.98. The monoisotopic (exact) mass is 410 g/mol. The summed E-state index contributed by atoms with van der Waals surface area (Å²) in [5.41, 5.74) is 11.0. The van der Waals surface area contributed by atoms with Crippen molar-refractivity contribution < 1.29 is 19.0 Å². The molecule has 1 aliphatic carbocycles. The number of nitrogens with two attached hydrogens (primary N) is 1. The highest BCUT2D eigenvalue weighted by molar-refractivity contribution is 5.94. The Labute approximate surface area is 175 Å². The molecule has 158 valence electrons. The predicted octanol–water partition coefficient (Wildman–Crippen LogP) is 2.33. The Morgan fingerprint density at radius 1 is 1.27 bits per heavy atom. The van der Waals surface area contributed by atoms with Crippen molar-refractivity contribution in [1.82, 2.24) is 14.8 Å². The van der Waals surface area contributed by atoms with E-state index in [2.05, 4.69) is 28.3 Å². The molecule has 2 aromatic rings. The van der Waals surface area contributed by atoms with E-state index in [0.29, 0.717) is 24.7 Å². The van der Waals surface area contributed by atoms with Crippen LogP contribution in [0.25, 0.3) is 5.57 Å². The van der Waals surface area contributed by atoms with Crippen LogP contribution in [0, 0.1) is 13.8 Å². The fourth-order valence-electron chi connectivity index (χ4n) is 4.35. The summed E-state index contributed by atoms with van der Waals surface area (Å²) in [5.74, 6) is -0.0550. The maximum atomic E-state index is 12.1. The molecule has 1 unspecified atom stereocenters. The molecule has 30 heavy (non-hydrogen) atoms. The average Bonchev–Trinajstić information content (AvgIpc) is 3.46. The number of amides is 1. The summed E-state index contributed by atoms with van der Waals surface area (Å²) < 4.78 is 18.4. The zero-order valence-corrected chi connectivity index (χ0v) is 17.6. The van der Waals surface area contributed by atoms with E-state index >= 15 is 0 Å². The number of ether oxygens (including phenoxy) is 3. The van der Waals surface area contributed by atoms with Crippen molar-refractivity contribution in [3.8, 4) is 5.88 Å². The molecule has 3 heterocycles. The van der Waals surface area contributed by atoms with Gasteiger partial charge in [0.2, 0.25) is 5.88 Å². The molecule has 1 fully saturated rings. The number of carbonyl (C=O) groups is 1. The van der Waals surface area contributed by atoms with Gasteiger partial charge in [-0.05, 0) is 30.5 Å². The van der Waals surface area contributed by atoms with Crippen LogP contribution in [-0.4, -0.2) is 54.2 Å². The van der Waals surface area contributed by atoms with E-state index in [-0.39, 0.29) is 18.1 Å². The first-order chi connectivity index (χ1) is 14.5. The molecule has 3 atom stereocenters. The van der Waals surface area contributed by atoms with E-state index in [9.17, 15) is 4.79 Å². The number of carbonyl (C=O) groups excluding carboxylic acids is 1. The SMILES string of the molecule is COc1ncc(C)c(C2=CC(c3c(C(N)=O)cnn3[C@@H]3COC[C@H]3OC)C=C2)c1C. The third-order valence-corrected chi connectivity index (χ3v) is 5.82. The van der Waals surface area contributed by atoms with Crippen LogP contribution in [-0.2, 0) is 9.47 Å². The summed E-state index contributed by atoms with van der Waals surface area (Å²) in [6.07, 6.45) is 9.44. The average molecular weight is 410 g/mol.